The molecule has 1 fully saturated rings. The fraction of sp³-hybridized carbons (Fsp3) is 0.417. The summed E-state index contributed by atoms with van der Waals surface area (Å²) in [6.45, 7) is 0.756. The molecule has 1 aliphatic rings. The highest BCUT2D eigenvalue weighted by Gasteiger charge is 2.22. The average Bonchev–Trinajstić information content (AvgIpc) is 2.78. The summed E-state index contributed by atoms with van der Waals surface area (Å²) in [5, 5.41) is 9.05. The summed E-state index contributed by atoms with van der Waals surface area (Å²) in [5.41, 5.74) is 2.06. The Kier molecular flexibility index (Phi) is 6.78. The number of rotatable bonds is 7. The highest BCUT2D eigenvalue weighted by molar-refractivity contribution is 6.30. The van der Waals surface area contributed by atoms with Crippen LogP contribution in [0, 0.1) is 0 Å². The monoisotopic (exact) mass is 439 g/mol. The fourth-order valence-corrected chi connectivity index (χ4v) is 4.42. The Morgan fingerprint density at radius 3 is 2.52 bits per heavy atom. The Morgan fingerprint density at radius 1 is 1.03 bits per heavy atom. The van der Waals surface area contributed by atoms with E-state index in [1.54, 1.807) is 7.11 Å². The Morgan fingerprint density at radius 2 is 1.77 bits per heavy atom. The van der Waals surface area contributed by atoms with Gasteiger partial charge in [0.2, 0.25) is 5.95 Å². The van der Waals surface area contributed by atoms with Crippen LogP contribution >= 0.6 is 11.6 Å². The van der Waals surface area contributed by atoms with Gasteiger partial charge in [-0.3, -0.25) is 0 Å². The third-order valence-electron chi connectivity index (χ3n) is 5.89. The van der Waals surface area contributed by atoms with Crippen molar-refractivity contribution in [2.45, 2.75) is 44.3 Å². The molecule has 1 heterocycles. The number of nitrogens with one attached hydrogen (secondary N) is 2. The van der Waals surface area contributed by atoms with Gasteiger partial charge in [0, 0.05) is 48.7 Å². The van der Waals surface area contributed by atoms with E-state index in [0.29, 0.717) is 18.0 Å². The average molecular weight is 440 g/mol. The lowest BCUT2D eigenvalue weighted by Crippen LogP contribution is -2.37. The zero-order chi connectivity index (χ0) is 21.8. The van der Waals surface area contributed by atoms with Gasteiger partial charge in [-0.25, -0.2) is 4.98 Å². The first-order valence-corrected chi connectivity index (χ1v) is 11.2. The molecular formula is C24H30ClN5O. The van der Waals surface area contributed by atoms with Crippen LogP contribution in [0.15, 0.2) is 42.5 Å². The van der Waals surface area contributed by atoms with Crippen LogP contribution < -0.4 is 20.3 Å². The summed E-state index contributed by atoms with van der Waals surface area (Å²) in [6.07, 6.45) is 4.37. The molecule has 0 saturated heterocycles. The van der Waals surface area contributed by atoms with E-state index in [1.165, 1.54) is 0 Å². The van der Waals surface area contributed by atoms with Crippen LogP contribution in [-0.4, -0.2) is 43.3 Å². The van der Waals surface area contributed by atoms with Crippen molar-refractivity contribution in [3.63, 3.8) is 0 Å². The number of aromatic nitrogens is 2. The zero-order valence-electron chi connectivity index (χ0n) is 18.4. The summed E-state index contributed by atoms with van der Waals surface area (Å²) in [5.74, 6) is 2.53. The van der Waals surface area contributed by atoms with Crippen molar-refractivity contribution in [3.8, 4) is 5.75 Å². The van der Waals surface area contributed by atoms with Crippen LogP contribution in [0.25, 0.3) is 10.9 Å². The van der Waals surface area contributed by atoms with Crippen molar-refractivity contribution < 1.29 is 4.74 Å². The number of para-hydroxylation sites is 1. The van der Waals surface area contributed by atoms with Crippen molar-refractivity contribution in [3.05, 3.63) is 53.1 Å². The lowest BCUT2D eigenvalue weighted by Gasteiger charge is -2.30. The maximum Gasteiger partial charge on any atom is 0.225 e. The fourth-order valence-electron chi connectivity index (χ4n) is 4.23. The lowest BCUT2D eigenvalue weighted by molar-refractivity contribution is 0.348. The van der Waals surface area contributed by atoms with Gasteiger partial charge in [0.1, 0.15) is 11.6 Å². The smallest absolute Gasteiger partial charge is 0.225 e. The number of ether oxygens (including phenoxy) is 1. The quantitative estimate of drug-likeness (QED) is 0.547. The van der Waals surface area contributed by atoms with Gasteiger partial charge in [0.15, 0.2) is 0 Å². The normalized spacial score (nSPS) is 18.7. The van der Waals surface area contributed by atoms with E-state index in [0.717, 1.165) is 65.3 Å². The molecule has 0 spiro atoms. The predicted octanol–water partition coefficient (Wildman–Crippen LogP) is 4.87. The van der Waals surface area contributed by atoms with Gasteiger partial charge in [0.25, 0.3) is 0 Å². The second-order valence-electron chi connectivity index (χ2n) is 8.31. The molecule has 164 valence electrons. The van der Waals surface area contributed by atoms with E-state index in [2.05, 4.69) is 16.7 Å². The van der Waals surface area contributed by atoms with Gasteiger partial charge in [-0.05, 0) is 56.0 Å². The molecule has 31 heavy (non-hydrogen) atoms. The van der Waals surface area contributed by atoms with Crippen LogP contribution in [-0.2, 0) is 6.54 Å². The Labute approximate surface area is 189 Å². The molecule has 0 atom stereocenters. The van der Waals surface area contributed by atoms with Gasteiger partial charge >= 0.3 is 0 Å². The number of nitrogens with zero attached hydrogens (tertiary/aromatic N) is 3. The molecule has 7 heteroatoms. The summed E-state index contributed by atoms with van der Waals surface area (Å²) in [6, 6.07) is 14.8. The predicted molar refractivity (Wildman–Crippen MR) is 128 cm³/mol. The minimum absolute atomic E-state index is 0.384. The van der Waals surface area contributed by atoms with Crippen molar-refractivity contribution in [2.24, 2.45) is 0 Å². The Bertz CT molecular complexity index is 1030. The summed E-state index contributed by atoms with van der Waals surface area (Å²) in [4.78, 5) is 11.6. The largest absolute Gasteiger partial charge is 0.496 e. The van der Waals surface area contributed by atoms with E-state index in [-0.39, 0.29) is 0 Å². The second-order valence-corrected chi connectivity index (χ2v) is 8.75. The maximum atomic E-state index is 6.15. The van der Waals surface area contributed by atoms with Gasteiger partial charge in [-0.2, -0.15) is 4.98 Å². The molecular weight excluding hydrogens is 410 g/mol. The highest BCUT2D eigenvalue weighted by Crippen LogP contribution is 2.27. The van der Waals surface area contributed by atoms with E-state index in [1.807, 2.05) is 55.4 Å². The van der Waals surface area contributed by atoms with Crippen molar-refractivity contribution in [1.82, 2.24) is 15.3 Å². The third kappa shape index (κ3) is 5.20. The minimum Gasteiger partial charge on any atom is -0.496 e. The molecule has 6 nitrogen and oxygen atoms in total. The SMILES string of the molecule is COc1ccc(Cl)cc1CNC1CCC(Nc2nc(N(C)C)c3ccccc3n2)CC1. The lowest BCUT2D eigenvalue weighted by atomic mass is 9.91. The van der Waals surface area contributed by atoms with Gasteiger partial charge in [-0.1, -0.05) is 23.7 Å². The molecule has 1 saturated carbocycles. The molecule has 0 amide bonds. The first kappa shape index (κ1) is 21.7. The van der Waals surface area contributed by atoms with Gasteiger partial charge < -0.3 is 20.3 Å². The van der Waals surface area contributed by atoms with Crippen LogP contribution in [0.1, 0.15) is 31.2 Å². The summed E-state index contributed by atoms with van der Waals surface area (Å²) >= 11 is 6.15. The molecule has 0 aliphatic heterocycles. The van der Waals surface area contributed by atoms with Crippen LogP contribution in [0.4, 0.5) is 11.8 Å². The van der Waals surface area contributed by atoms with Crippen LogP contribution in [0.3, 0.4) is 0 Å². The van der Waals surface area contributed by atoms with Crippen molar-refractivity contribution in [2.75, 3.05) is 31.4 Å². The molecule has 2 aromatic carbocycles. The number of methoxy groups -OCH3 is 1. The van der Waals surface area contributed by atoms with E-state index in [4.69, 9.17) is 26.3 Å². The Balaban J connectivity index is 1.35. The van der Waals surface area contributed by atoms with Crippen molar-refractivity contribution in [1.29, 1.82) is 0 Å². The van der Waals surface area contributed by atoms with Crippen molar-refractivity contribution >= 4 is 34.3 Å². The number of anilines is 2. The summed E-state index contributed by atoms with van der Waals surface area (Å²) < 4.78 is 5.45. The number of hydrogen-bond acceptors (Lipinski definition) is 6. The maximum absolute atomic E-state index is 6.15. The molecule has 0 radical (unpaired) electrons. The second kappa shape index (κ2) is 9.71. The highest BCUT2D eigenvalue weighted by atomic mass is 35.5. The molecule has 4 rings (SSSR count). The minimum atomic E-state index is 0.384. The van der Waals surface area contributed by atoms with Crippen LogP contribution in [0.5, 0.6) is 5.75 Å². The standard InChI is InChI=1S/C24H30ClN5O/c1-30(2)23-20-6-4-5-7-21(20)28-24(29-23)27-19-11-9-18(10-12-19)26-15-16-14-17(25)8-13-22(16)31-3/h4-8,13-14,18-19,26H,9-12,15H2,1-3H3,(H,27,28,29). The molecule has 1 aliphatic carbocycles. The molecule has 0 unspecified atom stereocenters. The van der Waals surface area contributed by atoms with Crippen LogP contribution in [0.2, 0.25) is 5.02 Å². The van der Waals surface area contributed by atoms with E-state index < -0.39 is 0 Å². The first-order chi connectivity index (χ1) is 15.0. The molecule has 2 N–H and O–H groups in total. The van der Waals surface area contributed by atoms with Gasteiger partial charge in [0.05, 0.1) is 12.6 Å². The Hall–Kier alpha value is -2.57. The number of hydrogen-bond donors (Lipinski definition) is 2. The third-order valence-corrected chi connectivity index (χ3v) is 6.13. The number of fused-ring (bicyclic) bond motifs is 1. The topological polar surface area (TPSA) is 62.3 Å². The van der Waals surface area contributed by atoms with E-state index >= 15 is 0 Å². The zero-order valence-corrected chi connectivity index (χ0v) is 19.1. The molecule has 1 aromatic heterocycles. The summed E-state index contributed by atoms with van der Waals surface area (Å²) in [7, 11) is 5.73. The number of benzene rings is 2. The molecule has 0 bridgehead atoms. The molecule has 3 aromatic rings. The van der Waals surface area contributed by atoms with E-state index in [9.17, 15) is 0 Å². The number of halogens is 1. The first-order valence-electron chi connectivity index (χ1n) is 10.8. The van der Waals surface area contributed by atoms with Gasteiger partial charge in [-0.15, -0.1) is 0 Å².